The van der Waals surface area contributed by atoms with Crippen LogP contribution in [-0.2, 0) is 11.2 Å². The number of benzene rings is 1. The van der Waals surface area contributed by atoms with Crippen molar-refractivity contribution in [3.05, 3.63) is 35.9 Å². The highest BCUT2D eigenvalue weighted by Crippen LogP contribution is 2.28. The second-order valence-corrected chi connectivity index (χ2v) is 5.06. The maximum atomic E-state index is 12.0. The lowest BCUT2D eigenvalue weighted by Gasteiger charge is -2.36. The van der Waals surface area contributed by atoms with Crippen LogP contribution in [0.4, 0.5) is 0 Å². The van der Waals surface area contributed by atoms with Crippen LogP contribution < -0.4 is 5.32 Å². The normalized spacial score (nSPS) is 26.4. The number of nitriles is 1. The Bertz CT molecular complexity index is 481. The summed E-state index contributed by atoms with van der Waals surface area (Å²) in [5, 5.41) is 22.0. The van der Waals surface area contributed by atoms with Gasteiger partial charge in [0.25, 0.3) is 0 Å². The molecule has 2 rings (SSSR count). The van der Waals surface area contributed by atoms with Gasteiger partial charge >= 0.3 is 0 Å². The molecule has 0 saturated heterocycles. The summed E-state index contributed by atoms with van der Waals surface area (Å²) in [6, 6.07) is 11.5. The summed E-state index contributed by atoms with van der Waals surface area (Å²) in [4.78, 5) is 12.0. The van der Waals surface area contributed by atoms with Crippen LogP contribution >= 0.6 is 0 Å². The Morgan fingerprint density at radius 2 is 2.16 bits per heavy atom. The summed E-state index contributed by atoms with van der Waals surface area (Å²) in [6.07, 6.45) is 2.31. The van der Waals surface area contributed by atoms with Crippen LogP contribution in [0.15, 0.2) is 30.3 Å². The van der Waals surface area contributed by atoms with Crippen molar-refractivity contribution < 1.29 is 9.90 Å². The Hall–Kier alpha value is -1.86. The maximum Gasteiger partial charge on any atom is 0.225 e. The number of carbonyl (C=O) groups is 1. The lowest BCUT2D eigenvalue weighted by atomic mass is 9.80. The molecule has 1 aromatic rings. The van der Waals surface area contributed by atoms with Crippen LogP contribution in [0, 0.1) is 11.3 Å². The molecule has 1 aliphatic carbocycles. The predicted octanol–water partition coefficient (Wildman–Crippen LogP) is 1.54. The minimum atomic E-state index is -1.11. The first kappa shape index (κ1) is 13.6. The van der Waals surface area contributed by atoms with Crippen LogP contribution in [0.25, 0.3) is 0 Å². The third-order valence-corrected chi connectivity index (χ3v) is 3.64. The zero-order chi connectivity index (χ0) is 13.7. The van der Waals surface area contributed by atoms with Gasteiger partial charge in [0, 0.05) is 0 Å². The van der Waals surface area contributed by atoms with Crippen molar-refractivity contribution in [3.63, 3.8) is 0 Å². The standard InChI is InChI=1S/C15H18N2O2/c16-11-15(9-5-4-8-13(15)18)17-14(19)10-12-6-2-1-3-7-12/h1-3,6-7,13,18H,4-5,8-10H2,(H,17,19)/t13-,15+/m1/s1. The minimum absolute atomic E-state index is 0.214. The molecule has 0 bridgehead atoms. The van der Waals surface area contributed by atoms with Crippen LogP contribution in [0.1, 0.15) is 31.2 Å². The third-order valence-electron chi connectivity index (χ3n) is 3.64. The molecule has 1 aliphatic rings. The number of nitrogens with zero attached hydrogens (tertiary/aromatic N) is 1. The summed E-state index contributed by atoms with van der Waals surface area (Å²) >= 11 is 0. The highest BCUT2D eigenvalue weighted by Gasteiger charge is 2.41. The molecule has 2 atom stereocenters. The van der Waals surface area contributed by atoms with Crippen molar-refractivity contribution in [2.45, 2.75) is 43.7 Å². The monoisotopic (exact) mass is 258 g/mol. The Morgan fingerprint density at radius 3 is 2.79 bits per heavy atom. The van der Waals surface area contributed by atoms with Gasteiger partial charge in [-0.15, -0.1) is 0 Å². The molecule has 0 aromatic heterocycles. The predicted molar refractivity (Wildman–Crippen MR) is 71.1 cm³/mol. The Balaban J connectivity index is 2.03. The summed E-state index contributed by atoms with van der Waals surface area (Å²) in [5.74, 6) is -0.214. The zero-order valence-corrected chi connectivity index (χ0v) is 10.8. The first-order valence-electron chi connectivity index (χ1n) is 6.60. The molecule has 2 N–H and O–H groups in total. The van der Waals surface area contributed by atoms with Gasteiger partial charge in [0.1, 0.15) is 0 Å². The van der Waals surface area contributed by atoms with E-state index in [1.165, 1.54) is 0 Å². The van der Waals surface area contributed by atoms with E-state index in [-0.39, 0.29) is 12.3 Å². The van der Waals surface area contributed by atoms with Gasteiger partial charge in [-0.25, -0.2) is 0 Å². The van der Waals surface area contributed by atoms with Gasteiger partial charge in [-0.1, -0.05) is 36.8 Å². The van der Waals surface area contributed by atoms with Crippen LogP contribution in [0.2, 0.25) is 0 Å². The molecular weight excluding hydrogens is 240 g/mol. The lowest BCUT2D eigenvalue weighted by Crippen LogP contribution is -2.57. The van der Waals surface area contributed by atoms with E-state index in [0.29, 0.717) is 12.8 Å². The number of hydrogen-bond donors (Lipinski definition) is 2. The largest absolute Gasteiger partial charge is 0.390 e. The molecule has 1 amide bonds. The van der Waals surface area contributed by atoms with Crippen molar-refractivity contribution in [2.24, 2.45) is 0 Å². The van der Waals surface area contributed by atoms with E-state index in [2.05, 4.69) is 11.4 Å². The van der Waals surface area contributed by atoms with Crippen molar-refractivity contribution >= 4 is 5.91 Å². The highest BCUT2D eigenvalue weighted by atomic mass is 16.3. The molecule has 0 aliphatic heterocycles. The van der Waals surface area contributed by atoms with Gasteiger partial charge in [-0.3, -0.25) is 4.79 Å². The van der Waals surface area contributed by atoms with E-state index in [1.807, 2.05) is 30.3 Å². The quantitative estimate of drug-likeness (QED) is 0.863. The van der Waals surface area contributed by atoms with Crippen LogP contribution in [0.5, 0.6) is 0 Å². The van der Waals surface area contributed by atoms with Crippen molar-refractivity contribution in [1.29, 1.82) is 5.26 Å². The van der Waals surface area contributed by atoms with E-state index in [1.54, 1.807) is 0 Å². The molecule has 1 saturated carbocycles. The highest BCUT2D eigenvalue weighted by molar-refractivity contribution is 5.80. The smallest absolute Gasteiger partial charge is 0.225 e. The Morgan fingerprint density at radius 1 is 1.42 bits per heavy atom. The van der Waals surface area contributed by atoms with Crippen LogP contribution in [-0.4, -0.2) is 22.7 Å². The Labute approximate surface area is 113 Å². The summed E-state index contributed by atoms with van der Waals surface area (Å²) < 4.78 is 0. The number of hydrogen-bond acceptors (Lipinski definition) is 3. The number of aliphatic hydroxyl groups excluding tert-OH is 1. The van der Waals surface area contributed by atoms with Crippen molar-refractivity contribution in [3.8, 4) is 6.07 Å². The average molecular weight is 258 g/mol. The van der Waals surface area contributed by atoms with Gasteiger partial charge < -0.3 is 10.4 Å². The molecule has 1 fully saturated rings. The topological polar surface area (TPSA) is 73.1 Å². The van der Waals surface area contributed by atoms with Gasteiger partial charge in [0.05, 0.1) is 18.6 Å². The van der Waals surface area contributed by atoms with Gasteiger partial charge in [0.15, 0.2) is 5.54 Å². The number of nitrogens with one attached hydrogen (secondary N) is 1. The zero-order valence-electron chi connectivity index (χ0n) is 10.8. The molecule has 0 heterocycles. The minimum Gasteiger partial charge on any atom is -0.390 e. The van der Waals surface area contributed by atoms with E-state index >= 15 is 0 Å². The first-order chi connectivity index (χ1) is 9.16. The summed E-state index contributed by atoms with van der Waals surface area (Å²) in [6.45, 7) is 0. The maximum absolute atomic E-state index is 12.0. The number of amides is 1. The first-order valence-corrected chi connectivity index (χ1v) is 6.60. The fraction of sp³-hybridized carbons (Fsp3) is 0.467. The number of carbonyl (C=O) groups excluding carboxylic acids is 1. The molecule has 1 aromatic carbocycles. The van der Waals surface area contributed by atoms with Gasteiger partial charge in [-0.05, 0) is 24.8 Å². The molecule has 19 heavy (non-hydrogen) atoms. The fourth-order valence-electron chi connectivity index (χ4n) is 2.53. The van der Waals surface area contributed by atoms with E-state index in [0.717, 1.165) is 18.4 Å². The molecule has 4 heteroatoms. The van der Waals surface area contributed by atoms with Gasteiger partial charge in [-0.2, -0.15) is 5.26 Å². The molecule has 0 unspecified atom stereocenters. The number of aliphatic hydroxyl groups is 1. The summed E-state index contributed by atoms with van der Waals surface area (Å²) in [7, 11) is 0. The number of rotatable bonds is 3. The second kappa shape index (κ2) is 5.85. The molecule has 0 spiro atoms. The van der Waals surface area contributed by atoms with E-state index in [9.17, 15) is 15.2 Å². The van der Waals surface area contributed by atoms with Crippen LogP contribution in [0.3, 0.4) is 0 Å². The van der Waals surface area contributed by atoms with E-state index < -0.39 is 11.6 Å². The SMILES string of the molecule is N#C[C@@]1(NC(=O)Cc2ccccc2)CCCC[C@H]1O. The van der Waals surface area contributed by atoms with Crippen molar-refractivity contribution in [1.82, 2.24) is 5.32 Å². The fourth-order valence-corrected chi connectivity index (χ4v) is 2.53. The average Bonchev–Trinajstić information content (AvgIpc) is 2.42. The Kier molecular flexibility index (Phi) is 4.18. The summed E-state index contributed by atoms with van der Waals surface area (Å²) in [5.41, 5.74) is -0.206. The second-order valence-electron chi connectivity index (χ2n) is 5.06. The molecule has 0 radical (unpaired) electrons. The van der Waals surface area contributed by atoms with Crippen molar-refractivity contribution in [2.75, 3.05) is 0 Å². The van der Waals surface area contributed by atoms with Gasteiger partial charge in [0.2, 0.25) is 5.91 Å². The molecular formula is C15H18N2O2. The lowest BCUT2D eigenvalue weighted by molar-refractivity contribution is -0.123. The van der Waals surface area contributed by atoms with E-state index in [4.69, 9.17) is 0 Å². The third kappa shape index (κ3) is 3.12. The molecule has 100 valence electrons. The molecule has 4 nitrogen and oxygen atoms in total.